The standard InChI is InChI=1S/C19H23NO3S/c1-14(13-23-17-11-9-16(22-3)10-12-17)20-19(21)15(2)24-18-7-5-4-6-8-18/h4-12,14-15H,13H2,1-3H3,(H,20,21)/t14-,15+/m0/s1. The number of hydrogen-bond acceptors (Lipinski definition) is 4. The van der Waals surface area contributed by atoms with Crippen LogP contribution in [0, 0.1) is 0 Å². The third-order valence-corrected chi connectivity index (χ3v) is 4.49. The molecule has 4 nitrogen and oxygen atoms in total. The summed E-state index contributed by atoms with van der Waals surface area (Å²) >= 11 is 1.55. The molecule has 0 bridgehead atoms. The van der Waals surface area contributed by atoms with Crippen molar-refractivity contribution in [2.75, 3.05) is 13.7 Å². The van der Waals surface area contributed by atoms with E-state index in [1.165, 1.54) is 0 Å². The molecular weight excluding hydrogens is 322 g/mol. The van der Waals surface area contributed by atoms with Gasteiger partial charge in [0.05, 0.1) is 18.4 Å². The summed E-state index contributed by atoms with van der Waals surface area (Å²) in [7, 11) is 1.63. The predicted octanol–water partition coefficient (Wildman–Crippen LogP) is 3.76. The average Bonchev–Trinajstić information content (AvgIpc) is 2.61. The molecule has 1 N–H and O–H groups in total. The Morgan fingerprint density at radius 1 is 1.04 bits per heavy atom. The minimum absolute atomic E-state index is 0.00897. The highest BCUT2D eigenvalue weighted by Crippen LogP contribution is 2.22. The maximum atomic E-state index is 12.2. The smallest absolute Gasteiger partial charge is 0.233 e. The van der Waals surface area contributed by atoms with Gasteiger partial charge in [-0.3, -0.25) is 4.79 Å². The fraction of sp³-hybridized carbons (Fsp3) is 0.316. The Morgan fingerprint density at radius 3 is 2.29 bits per heavy atom. The number of thioether (sulfide) groups is 1. The van der Waals surface area contributed by atoms with Crippen LogP contribution in [0.4, 0.5) is 0 Å². The van der Waals surface area contributed by atoms with Crippen LogP contribution < -0.4 is 14.8 Å². The van der Waals surface area contributed by atoms with E-state index < -0.39 is 0 Å². The van der Waals surface area contributed by atoms with Crippen LogP contribution in [0.25, 0.3) is 0 Å². The van der Waals surface area contributed by atoms with Crippen molar-refractivity contribution in [1.82, 2.24) is 5.32 Å². The van der Waals surface area contributed by atoms with E-state index in [2.05, 4.69) is 5.32 Å². The van der Waals surface area contributed by atoms with Crippen LogP contribution in [0.5, 0.6) is 11.5 Å². The van der Waals surface area contributed by atoms with E-state index in [9.17, 15) is 4.79 Å². The van der Waals surface area contributed by atoms with Crippen LogP contribution in [0.2, 0.25) is 0 Å². The van der Waals surface area contributed by atoms with Gasteiger partial charge in [0.25, 0.3) is 0 Å². The zero-order valence-corrected chi connectivity index (χ0v) is 15.0. The van der Waals surface area contributed by atoms with Gasteiger partial charge in [-0.05, 0) is 50.2 Å². The second-order valence-corrected chi connectivity index (χ2v) is 6.88. The van der Waals surface area contributed by atoms with E-state index in [1.807, 2.05) is 68.4 Å². The molecule has 0 unspecified atom stereocenters. The van der Waals surface area contributed by atoms with Crippen LogP contribution in [0.15, 0.2) is 59.5 Å². The van der Waals surface area contributed by atoms with Crippen molar-refractivity contribution >= 4 is 17.7 Å². The molecule has 0 fully saturated rings. The monoisotopic (exact) mass is 345 g/mol. The van der Waals surface area contributed by atoms with Crippen molar-refractivity contribution in [1.29, 1.82) is 0 Å². The molecule has 0 radical (unpaired) electrons. The highest BCUT2D eigenvalue weighted by Gasteiger charge is 2.16. The largest absolute Gasteiger partial charge is 0.497 e. The Bertz CT molecular complexity index is 631. The molecular formula is C19H23NO3S. The molecule has 1 amide bonds. The summed E-state index contributed by atoms with van der Waals surface area (Å²) in [6, 6.07) is 17.2. The molecule has 0 aliphatic heterocycles. The number of ether oxygens (including phenoxy) is 2. The van der Waals surface area contributed by atoms with Crippen molar-refractivity contribution < 1.29 is 14.3 Å². The molecule has 0 saturated carbocycles. The lowest BCUT2D eigenvalue weighted by Gasteiger charge is -2.18. The van der Waals surface area contributed by atoms with Gasteiger partial charge in [0, 0.05) is 4.90 Å². The number of nitrogens with one attached hydrogen (secondary N) is 1. The van der Waals surface area contributed by atoms with Gasteiger partial charge in [-0.25, -0.2) is 0 Å². The summed E-state index contributed by atoms with van der Waals surface area (Å²) in [5.74, 6) is 1.55. The van der Waals surface area contributed by atoms with Gasteiger partial charge in [-0.15, -0.1) is 11.8 Å². The highest BCUT2D eigenvalue weighted by atomic mass is 32.2. The lowest BCUT2D eigenvalue weighted by atomic mass is 10.3. The molecule has 2 aromatic carbocycles. The Labute approximate surface area is 147 Å². The fourth-order valence-corrected chi connectivity index (χ4v) is 2.95. The third-order valence-electron chi connectivity index (χ3n) is 3.37. The number of rotatable bonds is 8. The van der Waals surface area contributed by atoms with Crippen molar-refractivity contribution in [2.24, 2.45) is 0 Å². The van der Waals surface area contributed by atoms with Crippen LogP contribution in [-0.2, 0) is 4.79 Å². The maximum Gasteiger partial charge on any atom is 0.233 e. The second-order valence-electron chi connectivity index (χ2n) is 5.47. The van der Waals surface area contributed by atoms with Gasteiger partial charge in [0.1, 0.15) is 18.1 Å². The number of hydrogen-bond donors (Lipinski definition) is 1. The Balaban J connectivity index is 1.76. The van der Waals surface area contributed by atoms with Crippen molar-refractivity contribution in [3.8, 4) is 11.5 Å². The molecule has 0 aromatic heterocycles. The summed E-state index contributed by atoms with van der Waals surface area (Å²) in [5, 5.41) is 2.83. The average molecular weight is 345 g/mol. The first-order chi connectivity index (χ1) is 11.6. The molecule has 0 aliphatic carbocycles. The van der Waals surface area contributed by atoms with E-state index in [4.69, 9.17) is 9.47 Å². The SMILES string of the molecule is COc1ccc(OC[C@H](C)NC(=O)[C@@H](C)Sc2ccccc2)cc1. The number of carbonyl (C=O) groups is 1. The van der Waals surface area contributed by atoms with Gasteiger partial charge in [0.15, 0.2) is 0 Å². The first-order valence-corrected chi connectivity index (χ1v) is 8.75. The minimum Gasteiger partial charge on any atom is -0.497 e. The summed E-state index contributed by atoms with van der Waals surface area (Å²) in [6.45, 7) is 4.26. The summed E-state index contributed by atoms with van der Waals surface area (Å²) in [5.41, 5.74) is 0. The van der Waals surface area contributed by atoms with Crippen molar-refractivity contribution in [3.05, 3.63) is 54.6 Å². The zero-order valence-electron chi connectivity index (χ0n) is 14.2. The highest BCUT2D eigenvalue weighted by molar-refractivity contribution is 8.00. The van der Waals surface area contributed by atoms with Crippen LogP contribution in [0.1, 0.15) is 13.8 Å². The first kappa shape index (κ1) is 18.2. The topological polar surface area (TPSA) is 47.6 Å². The molecule has 5 heteroatoms. The molecule has 2 rings (SSSR count). The third kappa shape index (κ3) is 5.81. The Kier molecular flexibility index (Phi) is 7.00. The van der Waals surface area contributed by atoms with Gasteiger partial charge in [-0.1, -0.05) is 18.2 Å². The minimum atomic E-state index is -0.157. The van der Waals surface area contributed by atoms with Crippen LogP contribution >= 0.6 is 11.8 Å². The molecule has 128 valence electrons. The molecule has 2 atom stereocenters. The lowest BCUT2D eigenvalue weighted by Crippen LogP contribution is -2.40. The molecule has 24 heavy (non-hydrogen) atoms. The number of carbonyl (C=O) groups excluding carboxylic acids is 1. The predicted molar refractivity (Wildman–Crippen MR) is 97.9 cm³/mol. The fourth-order valence-electron chi connectivity index (χ4n) is 2.05. The molecule has 0 aliphatic rings. The van der Waals surface area contributed by atoms with E-state index in [1.54, 1.807) is 18.9 Å². The molecule has 0 heterocycles. The van der Waals surface area contributed by atoms with E-state index >= 15 is 0 Å². The zero-order chi connectivity index (χ0) is 17.4. The second kappa shape index (κ2) is 9.23. The maximum absolute atomic E-state index is 12.2. The van der Waals surface area contributed by atoms with Gasteiger partial charge < -0.3 is 14.8 Å². The van der Waals surface area contributed by atoms with Crippen molar-refractivity contribution in [3.63, 3.8) is 0 Å². The van der Waals surface area contributed by atoms with Gasteiger partial charge in [-0.2, -0.15) is 0 Å². The summed E-state index contributed by atoms with van der Waals surface area (Å²) < 4.78 is 10.8. The number of methoxy groups -OCH3 is 1. The van der Waals surface area contributed by atoms with Crippen LogP contribution in [-0.4, -0.2) is 30.9 Å². The van der Waals surface area contributed by atoms with Gasteiger partial charge in [0.2, 0.25) is 5.91 Å². The quantitative estimate of drug-likeness (QED) is 0.740. The Morgan fingerprint density at radius 2 is 1.67 bits per heavy atom. The number of amides is 1. The Hall–Kier alpha value is -2.14. The van der Waals surface area contributed by atoms with E-state index in [-0.39, 0.29) is 17.2 Å². The van der Waals surface area contributed by atoms with Crippen molar-refractivity contribution in [2.45, 2.75) is 30.0 Å². The van der Waals surface area contributed by atoms with E-state index in [0.717, 1.165) is 16.4 Å². The van der Waals surface area contributed by atoms with Gasteiger partial charge >= 0.3 is 0 Å². The van der Waals surface area contributed by atoms with E-state index in [0.29, 0.717) is 6.61 Å². The number of benzene rings is 2. The molecule has 0 spiro atoms. The van der Waals surface area contributed by atoms with Crippen LogP contribution in [0.3, 0.4) is 0 Å². The first-order valence-electron chi connectivity index (χ1n) is 7.87. The molecule has 2 aromatic rings. The molecule has 0 saturated heterocycles. The normalized spacial score (nSPS) is 13.0. The summed E-state index contributed by atoms with van der Waals surface area (Å²) in [6.07, 6.45) is 0. The lowest BCUT2D eigenvalue weighted by molar-refractivity contribution is -0.121. The summed E-state index contributed by atoms with van der Waals surface area (Å²) in [4.78, 5) is 13.3.